The Hall–Kier alpha value is -2.93. The Kier molecular flexibility index (Phi) is 5.15. The number of carbonyl (C=O) groups is 2. The van der Waals surface area contributed by atoms with Crippen LogP contribution in [0.1, 0.15) is 22.8 Å². The van der Waals surface area contributed by atoms with Gasteiger partial charge in [-0.05, 0) is 36.8 Å². The van der Waals surface area contributed by atoms with E-state index in [1.165, 1.54) is 31.2 Å². The predicted octanol–water partition coefficient (Wildman–Crippen LogP) is 2.90. The minimum Gasteiger partial charge on any atom is -0.478 e. The number of benzene rings is 1. The number of anilines is 1. The number of carboxylic acid groups (broad SMARTS) is 1. The molecule has 4 N–H and O–H groups in total. The normalized spacial score (nSPS) is 11.6. The number of rotatable bonds is 4. The number of carboxylic acids is 1. The highest BCUT2D eigenvalue weighted by atomic mass is 35.5. The summed E-state index contributed by atoms with van der Waals surface area (Å²) >= 11 is 5.63. The number of hydrogen-bond acceptors (Lipinski definition) is 4. The molecule has 8 heteroatoms. The van der Waals surface area contributed by atoms with Crippen molar-refractivity contribution in [3.05, 3.63) is 64.2 Å². The van der Waals surface area contributed by atoms with E-state index in [-0.39, 0.29) is 33.2 Å². The van der Waals surface area contributed by atoms with Gasteiger partial charge in [0, 0.05) is 11.9 Å². The van der Waals surface area contributed by atoms with Gasteiger partial charge in [0.15, 0.2) is 0 Å². The number of aromatic carboxylic acids is 1. The molecule has 1 aromatic heterocycles. The summed E-state index contributed by atoms with van der Waals surface area (Å²) in [4.78, 5) is 27.0. The summed E-state index contributed by atoms with van der Waals surface area (Å²) < 4.78 is 13.6. The van der Waals surface area contributed by atoms with Gasteiger partial charge in [-0.3, -0.25) is 4.79 Å². The van der Waals surface area contributed by atoms with Gasteiger partial charge >= 0.3 is 5.97 Å². The Morgan fingerprint density at radius 1 is 1.25 bits per heavy atom. The van der Waals surface area contributed by atoms with E-state index < -0.39 is 17.7 Å². The Morgan fingerprint density at radius 2 is 1.92 bits per heavy atom. The molecule has 0 aliphatic heterocycles. The van der Waals surface area contributed by atoms with Crippen molar-refractivity contribution in [2.75, 3.05) is 5.32 Å². The molecule has 0 aliphatic rings. The Labute approximate surface area is 141 Å². The lowest BCUT2D eigenvalue weighted by Gasteiger charge is -2.11. The maximum Gasteiger partial charge on any atom is 0.337 e. The monoisotopic (exact) mass is 349 g/mol. The van der Waals surface area contributed by atoms with Gasteiger partial charge in [0.25, 0.3) is 5.91 Å². The van der Waals surface area contributed by atoms with Crippen LogP contribution in [0.5, 0.6) is 0 Å². The first-order chi connectivity index (χ1) is 11.3. The Bertz CT molecular complexity index is 831. The molecule has 1 aromatic carbocycles. The summed E-state index contributed by atoms with van der Waals surface area (Å²) in [5.41, 5.74) is 6.23. The van der Waals surface area contributed by atoms with Crippen molar-refractivity contribution >= 4 is 34.9 Å². The summed E-state index contributed by atoms with van der Waals surface area (Å²) in [6, 6.07) is 6.54. The largest absolute Gasteiger partial charge is 0.478 e. The molecule has 24 heavy (non-hydrogen) atoms. The van der Waals surface area contributed by atoms with Gasteiger partial charge in [-0.1, -0.05) is 17.7 Å². The smallest absolute Gasteiger partial charge is 0.337 e. The molecule has 0 fully saturated rings. The van der Waals surface area contributed by atoms with Crippen LogP contribution in [0.25, 0.3) is 5.57 Å². The fourth-order valence-corrected chi connectivity index (χ4v) is 2.08. The van der Waals surface area contributed by atoms with Crippen molar-refractivity contribution in [1.29, 1.82) is 0 Å². The van der Waals surface area contributed by atoms with Crippen LogP contribution in [-0.2, 0) is 4.79 Å². The van der Waals surface area contributed by atoms with Crippen LogP contribution < -0.4 is 11.1 Å². The fourth-order valence-electron chi connectivity index (χ4n) is 1.96. The number of carbonyl (C=O) groups excluding carboxylic acids is 1. The third-order valence-corrected chi connectivity index (χ3v) is 3.39. The Morgan fingerprint density at radius 3 is 2.42 bits per heavy atom. The number of nitrogens with zero attached hydrogens (tertiary/aromatic N) is 1. The molecular formula is C16H13ClFN3O3. The van der Waals surface area contributed by atoms with E-state index in [1.54, 1.807) is 0 Å². The average molecular weight is 350 g/mol. The second-order valence-corrected chi connectivity index (χ2v) is 5.29. The van der Waals surface area contributed by atoms with Crippen LogP contribution in [0.3, 0.4) is 0 Å². The number of pyridine rings is 1. The minimum absolute atomic E-state index is 0.0152. The molecule has 0 saturated carbocycles. The van der Waals surface area contributed by atoms with Crippen molar-refractivity contribution in [1.82, 2.24) is 4.98 Å². The molecule has 1 heterocycles. The van der Waals surface area contributed by atoms with Crippen molar-refractivity contribution in [3.8, 4) is 0 Å². The highest BCUT2D eigenvalue weighted by molar-refractivity contribution is 6.31. The third kappa shape index (κ3) is 3.88. The van der Waals surface area contributed by atoms with Gasteiger partial charge < -0.3 is 16.2 Å². The molecule has 0 atom stereocenters. The standard InChI is InChI=1S/C16H13ClFN3O3/c1-8(19)14(9-2-4-11(17)12(18)6-9)15(22)21-13-5-3-10(7-20-13)16(23)24/h2-7H,19H2,1H3,(H,23,24)(H,20,21,22). The maximum absolute atomic E-state index is 13.6. The summed E-state index contributed by atoms with van der Waals surface area (Å²) in [6.07, 6.45) is 1.11. The van der Waals surface area contributed by atoms with Crippen molar-refractivity contribution in [2.45, 2.75) is 6.92 Å². The number of hydrogen-bond donors (Lipinski definition) is 3. The van der Waals surface area contributed by atoms with Gasteiger partial charge in [0.2, 0.25) is 0 Å². The summed E-state index contributed by atoms with van der Waals surface area (Å²) in [5, 5.41) is 11.2. The van der Waals surface area contributed by atoms with Gasteiger partial charge in [0.05, 0.1) is 16.2 Å². The van der Waals surface area contributed by atoms with E-state index in [1.807, 2.05) is 0 Å². The lowest BCUT2D eigenvalue weighted by Crippen LogP contribution is -2.18. The van der Waals surface area contributed by atoms with Crippen molar-refractivity contribution in [2.24, 2.45) is 5.73 Å². The van der Waals surface area contributed by atoms with E-state index in [0.717, 1.165) is 12.3 Å². The molecule has 0 radical (unpaired) electrons. The van der Waals surface area contributed by atoms with Crippen LogP contribution >= 0.6 is 11.6 Å². The number of halogens is 2. The van der Waals surface area contributed by atoms with Crippen LogP contribution in [0, 0.1) is 5.82 Å². The molecule has 2 rings (SSSR count). The van der Waals surface area contributed by atoms with Gasteiger partial charge in [-0.25, -0.2) is 14.2 Å². The molecule has 6 nitrogen and oxygen atoms in total. The van der Waals surface area contributed by atoms with Crippen molar-refractivity contribution < 1.29 is 19.1 Å². The van der Waals surface area contributed by atoms with E-state index >= 15 is 0 Å². The van der Waals surface area contributed by atoms with Gasteiger partial charge in [-0.2, -0.15) is 0 Å². The first-order valence-electron chi connectivity index (χ1n) is 6.72. The lowest BCUT2D eigenvalue weighted by molar-refractivity contribution is -0.111. The molecule has 1 amide bonds. The SMILES string of the molecule is CC(N)=C(C(=O)Nc1ccc(C(=O)O)cn1)c1ccc(Cl)c(F)c1. The molecule has 0 unspecified atom stereocenters. The lowest BCUT2D eigenvalue weighted by atomic mass is 10.0. The van der Waals surface area contributed by atoms with Crippen LogP contribution in [0.2, 0.25) is 5.02 Å². The Balaban J connectivity index is 2.29. The number of amides is 1. The van der Waals surface area contributed by atoms with Crippen LogP contribution in [-0.4, -0.2) is 22.0 Å². The van der Waals surface area contributed by atoms with E-state index in [4.69, 9.17) is 22.4 Å². The molecular weight excluding hydrogens is 337 g/mol. The third-order valence-electron chi connectivity index (χ3n) is 3.08. The highest BCUT2D eigenvalue weighted by Crippen LogP contribution is 2.23. The molecule has 0 bridgehead atoms. The topological polar surface area (TPSA) is 105 Å². The highest BCUT2D eigenvalue weighted by Gasteiger charge is 2.17. The molecule has 0 aliphatic carbocycles. The summed E-state index contributed by atoms with van der Waals surface area (Å²) in [5.74, 6) is -2.27. The number of nitrogens with one attached hydrogen (secondary N) is 1. The zero-order chi connectivity index (χ0) is 17.9. The summed E-state index contributed by atoms with van der Waals surface area (Å²) in [6.45, 7) is 1.50. The maximum atomic E-state index is 13.6. The van der Waals surface area contributed by atoms with E-state index in [0.29, 0.717) is 0 Å². The molecule has 2 aromatic rings. The predicted molar refractivity (Wildman–Crippen MR) is 88.0 cm³/mol. The van der Waals surface area contributed by atoms with Crippen LogP contribution in [0.15, 0.2) is 42.2 Å². The molecule has 124 valence electrons. The number of allylic oxidation sites excluding steroid dienone is 1. The van der Waals surface area contributed by atoms with Gasteiger partial charge in [0.1, 0.15) is 11.6 Å². The van der Waals surface area contributed by atoms with Crippen LogP contribution in [0.4, 0.5) is 10.2 Å². The van der Waals surface area contributed by atoms with Crippen molar-refractivity contribution in [3.63, 3.8) is 0 Å². The second-order valence-electron chi connectivity index (χ2n) is 4.88. The molecule has 0 saturated heterocycles. The first-order valence-corrected chi connectivity index (χ1v) is 7.10. The second kappa shape index (κ2) is 7.10. The first kappa shape index (κ1) is 17.4. The quantitative estimate of drug-likeness (QED) is 0.736. The van der Waals surface area contributed by atoms with Gasteiger partial charge in [-0.15, -0.1) is 0 Å². The fraction of sp³-hybridized carbons (Fsp3) is 0.0625. The number of nitrogens with two attached hydrogens (primary N) is 1. The van der Waals surface area contributed by atoms with E-state index in [2.05, 4.69) is 10.3 Å². The minimum atomic E-state index is -1.13. The van der Waals surface area contributed by atoms with E-state index in [9.17, 15) is 14.0 Å². The average Bonchev–Trinajstić information content (AvgIpc) is 2.51. The number of aromatic nitrogens is 1. The summed E-state index contributed by atoms with van der Waals surface area (Å²) in [7, 11) is 0. The zero-order valence-electron chi connectivity index (χ0n) is 12.5. The molecule has 0 spiro atoms. The zero-order valence-corrected chi connectivity index (χ0v) is 13.3.